The highest BCUT2D eigenvalue weighted by Gasteiger charge is 2.37. The van der Waals surface area contributed by atoms with Crippen molar-refractivity contribution in [2.75, 3.05) is 73.0 Å². The molecular weight excluding hydrogens is 288 g/mol. The molecule has 0 spiro atoms. The molecule has 5 heteroatoms. The first-order valence-electron chi connectivity index (χ1n) is 9.57. The summed E-state index contributed by atoms with van der Waals surface area (Å²) in [5.41, 5.74) is 0. The molecule has 3 fully saturated rings. The maximum absolute atomic E-state index is 12.8. The van der Waals surface area contributed by atoms with Gasteiger partial charge in [-0.1, -0.05) is 0 Å². The first kappa shape index (κ1) is 17.2. The second-order valence-electron chi connectivity index (χ2n) is 8.35. The number of nitrogens with one attached hydrogen (secondary N) is 1. The summed E-state index contributed by atoms with van der Waals surface area (Å²) in [5.74, 6) is 1.61. The lowest BCUT2D eigenvalue weighted by molar-refractivity contribution is -0.918. The number of likely N-dealkylation sites (N-methyl/N-ethyl adjacent to an activating group) is 1. The predicted molar refractivity (Wildman–Crippen MR) is 93.2 cm³/mol. The van der Waals surface area contributed by atoms with Crippen LogP contribution in [0.25, 0.3) is 0 Å². The van der Waals surface area contributed by atoms with E-state index in [1.165, 1.54) is 50.0 Å². The molecule has 3 aliphatic rings. The van der Waals surface area contributed by atoms with Gasteiger partial charge in [-0.2, -0.15) is 0 Å². The lowest BCUT2D eigenvalue weighted by Crippen LogP contribution is -2.56. The minimum absolute atomic E-state index is 0.289. The predicted octanol–water partition coefficient (Wildman–Crippen LogP) is 0.617. The van der Waals surface area contributed by atoms with Crippen molar-refractivity contribution in [2.24, 2.45) is 11.8 Å². The van der Waals surface area contributed by atoms with E-state index in [0.717, 1.165) is 44.9 Å². The van der Waals surface area contributed by atoms with E-state index >= 15 is 0 Å². The number of piperidine rings is 2. The molecule has 0 aromatic carbocycles. The molecule has 0 unspecified atom stereocenters. The van der Waals surface area contributed by atoms with Gasteiger partial charge in [0.15, 0.2) is 0 Å². The summed E-state index contributed by atoms with van der Waals surface area (Å²) in [7, 11) is 4.56. The van der Waals surface area contributed by atoms with Gasteiger partial charge in [0.25, 0.3) is 0 Å². The molecule has 3 heterocycles. The molecule has 23 heavy (non-hydrogen) atoms. The van der Waals surface area contributed by atoms with Crippen LogP contribution in [0.4, 0.5) is 0 Å². The van der Waals surface area contributed by atoms with E-state index in [-0.39, 0.29) is 5.92 Å². The van der Waals surface area contributed by atoms with E-state index in [2.05, 4.69) is 29.2 Å². The average Bonchev–Trinajstić information content (AvgIpc) is 2.56. The lowest BCUT2D eigenvalue weighted by Gasteiger charge is -2.44. The Morgan fingerprint density at radius 1 is 1.04 bits per heavy atom. The van der Waals surface area contributed by atoms with Crippen LogP contribution in [0.5, 0.6) is 0 Å². The highest BCUT2D eigenvalue weighted by molar-refractivity contribution is 5.79. The van der Waals surface area contributed by atoms with Crippen LogP contribution in [0.3, 0.4) is 0 Å². The van der Waals surface area contributed by atoms with Gasteiger partial charge in [-0.05, 0) is 33.0 Å². The third kappa shape index (κ3) is 4.46. The number of quaternary nitrogens is 1. The van der Waals surface area contributed by atoms with Gasteiger partial charge in [-0.3, -0.25) is 4.79 Å². The molecule has 0 aromatic rings. The summed E-state index contributed by atoms with van der Waals surface area (Å²) in [6.07, 6.45) is 4.84. The molecule has 3 rings (SSSR count). The van der Waals surface area contributed by atoms with Gasteiger partial charge in [0, 0.05) is 50.9 Å². The van der Waals surface area contributed by atoms with Gasteiger partial charge in [0.2, 0.25) is 5.91 Å². The fourth-order valence-electron chi connectivity index (χ4n) is 4.59. The first-order chi connectivity index (χ1) is 11.1. The SMILES string of the molecule is CN1CCN(C(=O)C2CC[N+](C)(CC3CCNCC3)CC2)CC1. The van der Waals surface area contributed by atoms with E-state index in [9.17, 15) is 4.79 Å². The minimum Gasteiger partial charge on any atom is -0.340 e. The van der Waals surface area contributed by atoms with Crippen molar-refractivity contribution >= 4 is 5.91 Å². The Labute approximate surface area is 141 Å². The van der Waals surface area contributed by atoms with Gasteiger partial charge >= 0.3 is 0 Å². The summed E-state index contributed by atoms with van der Waals surface area (Å²) < 4.78 is 1.19. The van der Waals surface area contributed by atoms with E-state index in [1.54, 1.807) is 0 Å². The summed E-state index contributed by atoms with van der Waals surface area (Å²) >= 11 is 0. The molecule has 0 bridgehead atoms. The van der Waals surface area contributed by atoms with Crippen LogP contribution in [0, 0.1) is 11.8 Å². The van der Waals surface area contributed by atoms with Gasteiger partial charge in [-0.25, -0.2) is 0 Å². The molecule has 0 aromatic heterocycles. The number of rotatable bonds is 3. The number of hydrogen-bond donors (Lipinski definition) is 1. The first-order valence-corrected chi connectivity index (χ1v) is 9.57. The third-order valence-electron chi connectivity index (χ3n) is 6.36. The lowest BCUT2D eigenvalue weighted by atomic mass is 9.90. The number of amides is 1. The zero-order valence-electron chi connectivity index (χ0n) is 15.1. The smallest absolute Gasteiger partial charge is 0.226 e. The summed E-state index contributed by atoms with van der Waals surface area (Å²) in [5, 5.41) is 3.47. The quantitative estimate of drug-likeness (QED) is 0.774. The number of nitrogens with zero attached hydrogens (tertiary/aromatic N) is 3. The molecular formula is C18H35N4O+. The molecule has 3 aliphatic heterocycles. The minimum atomic E-state index is 0.289. The Morgan fingerprint density at radius 3 is 2.26 bits per heavy atom. The van der Waals surface area contributed by atoms with Crippen LogP contribution in [0.1, 0.15) is 25.7 Å². The van der Waals surface area contributed by atoms with Crippen molar-refractivity contribution in [2.45, 2.75) is 25.7 Å². The topological polar surface area (TPSA) is 35.6 Å². The maximum atomic E-state index is 12.8. The zero-order valence-corrected chi connectivity index (χ0v) is 15.1. The van der Waals surface area contributed by atoms with Crippen molar-refractivity contribution in [3.63, 3.8) is 0 Å². The van der Waals surface area contributed by atoms with E-state index in [4.69, 9.17) is 0 Å². The third-order valence-corrected chi connectivity index (χ3v) is 6.36. The molecule has 0 radical (unpaired) electrons. The zero-order chi connectivity index (χ0) is 16.3. The van der Waals surface area contributed by atoms with E-state index in [0.29, 0.717) is 5.91 Å². The highest BCUT2D eigenvalue weighted by Crippen LogP contribution is 2.27. The fourth-order valence-corrected chi connectivity index (χ4v) is 4.59. The van der Waals surface area contributed by atoms with Crippen molar-refractivity contribution < 1.29 is 9.28 Å². The van der Waals surface area contributed by atoms with Gasteiger partial charge in [0.05, 0.1) is 26.7 Å². The van der Waals surface area contributed by atoms with Gasteiger partial charge in [0.1, 0.15) is 0 Å². The Balaban J connectivity index is 1.46. The maximum Gasteiger partial charge on any atom is 0.226 e. The van der Waals surface area contributed by atoms with Crippen LogP contribution >= 0.6 is 0 Å². The Hall–Kier alpha value is -0.650. The Kier molecular flexibility index (Phi) is 5.60. The van der Waals surface area contributed by atoms with Crippen LogP contribution in [-0.2, 0) is 4.79 Å². The molecule has 3 saturated heterocycles. The number of likely N-dealkylation sites (tertiary alicyclic amines) is 1. The monoisotopic (exact) mass is 323 g/mol. The van der Waals surface area contributed by atoms with Crippen LogP contribution in [0.15, 0.2) is 0 Å². The van der Waals surface area contributed by atoms with Gasteiger partial charge in [-0.15, -0.1) is 0 Å². The Morgan fingerprint density at radius 2 is 1.65 bits per heavy atom. The number of carbonyl (C=O) groups is 1. The van der Waals surface area contributed by atoms with Crippen LogP contribution in [-0.4, -0.2) is 93.2 Å². The fraction of sp³-hybridized carbons (Fsp3) is 0.944. The molecule has 0 atom stereocenters. The average molecular weight is 324 g/mol. The molecule has 1 N–H and O–H groups in total. The largest absolute Gasteiger partial charge is 0.340 e. The number of carbonyl (C=O) groups excluding carboxylic acids is 1. The molecule has 132 valence electrons. The second kappa shape index (κ2) is 7.49. The molecule has 1 amide bonds. The summed E-state index contributed by atoms with van der Waals surface area (Å²) in [4.78, 5) is 17.2. The summed E-state index contributed by atoms with van der Waals surface area (Å²) in [6, 6.07) is 0. The van der Waals surface area contributed by atoms with Crippen LogP contribution in [0.2, 0.25) is 0 Å². The summed E-state index contributed by atoms with van der Waals surface area (Å²) in [6.45, 7) is 9.98. The number of piperazine rings is 1. The highest BCUT2D eigenvalue weighted by atomic mass is 16.2. The molecule has 0 saturated carbocycles. The van der Waals surface area contributed by atoms with Gasteiger partial charge < -0.3 is 19.6 Å². The van der Waals surface area contributed by atoms with Crippen molar-refractivity contribution in [3.8, 4) is 0 Å². The normalized spacial score (nSPS) is 34.5. The standard InChI is InChI=1S/C18H35N4O/c1-20-9-11-21(12-10-20)18(23)17-5-13-22(2,14-6-17)15-16-3-7-19-8-4-16/h16-17,19H,3-15H2,1-2H3/q+1. The van der Waals surface area contributed by atoms with Crippen LogP contribution < -0.4 is 5.32 Å². The van der Waals surface area contributed by atoms with Crippen molar-refractivity contribution in [1.82, 2.24) is 15.1 Å². The second-order valence-corrected chi connectivity index (χ2v) is 8.35. The molecule has 0 aliphatic carbocycles. The molecule has 5 nitrogen and oxygen atoms in total. The Bertz CT molecular complexity index is 392. The van der Waals surface area contributed by atoms with Crippen molar-refractivity contribution in [1.29, 1.82) is 0 Å². The number of hydrogen-bond acceptors (Lipinski definition) is 3. The van der Waals surface area contributed by atoms with E-state index in [1.807, 2.05) is 0 Å². The van der Waals surface area contributed by atoms with Crippen molar-refractivity contribution in [3.05, 3.63) is 0 Å². The van der Waals surface area contributed by atoms with E-state index < -0.39 is 0 Å².